The SMILES string of the molecule is NCc1c(C(=O)c2cccc(-c3ccc(Nc4ccc(Br)cc4N)cc3Cl)c2CN)cccc1-c1ccc(Nc2ccc(Br)cc2N)cc1Cl. The van der Waals surface area contributed by atoms with Crippen molar-refractivity contribution in [2.75, 3.05) is 22.1 Å². The number of carbonyl (C=O) groups excluding carboxylic acids is 1. The molecule has 11 heteroatoms. The first kappa shape index (κ1) is 35.5. The molecule has 6 rings (SSSR count). The zero-order valence-corrected chi connectivity index (χ0v) is 31.2. The molecule has 0 fully saturated rings. The fourth-order valence-electron chi connectivity index (χ4n) is 5.92. The Balaban J connectivity index is 1.32. The van der Waals surface area contributed by atoms with Gasteiger partial charge in [-0.25, -0.2) is 0 Å². The molecule has 0 spiro atoms. The van der Waals surface area contributed by atoms with Gasteiger partial charge in [-0.3, -0.25) is 4.79 Å². The van der Waals surface area contributed by atoms with Crippen molar-refractivity contribution in [1.82, 2.24) is 0 Å². The topological polar surface area (TPSA) is 145 Å². The predicted molar refractivity (Wildman–Crippen MR) is 217 cm³/mol. The third-order valence-corrected chi connectivity index (χ3v) is 9.97. The van der Waals surface area contributed by atoms with Gasteiger partial charge in [-0.05, 0) is 82.9 Å². The summed E-state index contributed by atoms with van der Waals surface area (Å²) >= 11 is 20.6. The third kappa shape index (κ3) is 7.39. The fourth-order valence-corrected chi connectivity index (χ4v) is 7.24. The van der Waals surface area contributed by atoms with Crippen molar-refractivity contribution in [1.29, 1.82) is 0 Å². The van der Waals surface area contributed by atoms with Crippen LogP contribution in [-0.4, -0.2) is 5.78 Å². The fraction of sp³-hybridized carbons (Fsp3) is 0.0513. The number of hydrogen-bond acceptors (Lipinski definition) is 7. The molecule has 0 saturated carbocycles. The van der Waals surface area contributed by atoms with Crippen LogP contribution in [-0.2, 0) is 13.1 Å². The molecule has 6 aromatic rings. The minimum Gasteiger partial charge on any atom is -0.397 e. The van der Waals surface area contributed by atoms with Crippen molar-refractivity contribution in [3.05, 3.63) is 150 Å². The minimum absolute atomic E-state index is 0.115. The number of benzene rings is 6. The molecule has 7 nitrogen and oxygen atoms in total. The molecule has 0 bridgehead atoms. The molecule has 0 aliphatic heterocycles. The zero-order chi connectivity index (χ0) is 35.5. The second-order valence-corrected chi connectivity index (χ2v) is 14.1. The summed E-state index contributed by atoms with van der Waals surface area (Å²) in [4.78, 5) is 14.3. The normalized spacial score (nSPS) is 11.0. The molecule has 50 heavy (non-hydrogen) atoms. The van der Waals surface area contributed by atoms with Crippen molar-refractivity contribution < 1.29 is 4.79 Å². The largest absolute Gasteiger partial charge is 0.397 e. The predicted octanol–water partition coefficient (Wildman–Crippen LogP) is 10.7. The Labute approximate surface area is 317 Å². The van der Waals surface area contributed by atoms with Crippen molar-refractivity contribution in [2.24, 2.45) is 11.5 Å². The molecule has 6 aromatic carbocycles. The van der Waals surface area contributed by atoms with Crippen LogP contribution in [0.15, 0.2) is 118 Å². The van der Waals surface area contributed by atoms with E-state index in [1.165, 1.54) is 0 Å². The van der Waals surface area contributed by atoms with Crippen LogP contribution >= 0.6 is 55.1 Å². The summed E-state index contributed by atoms with van der Waals surface area (Å²) in [7, 11) is 0. The summed E-state index contributed by atoms with van der Waals surface area (Å²) in [6.45, 7) is 0.230. The van der Waals surface area contributed by atoms with Gasteiger partial charge in [0.15, 0.2) is 5.78 Å². The summed E-state index contributed by atoms with van der Waals surface area (Å²) in [6, 6.07) is 33.5. The Morgan fingerprint density at radius 3 is 1.34 bits per heavy atom. The number of rotatable bonds is 10. The average molecular weight is 831 g/mol. The van der Waals surface area contributed by atoms with E-state index >= 15 is 0 Å². The van der Waals surface area contributed by atoms with E-state index in [0.29, 0.717) is 43.7 Å². The van der Waals surface area contributed by atoms with Gasteiger partial charge in [-0.15, -0.1) is 0 Å². The van der Waals surface area contributed by atoms with Gasteiger partial charge >= 0.3 is 0 Å². The Morgan fingerprint density at radius 1 is 0.560 bits per heavy atom. The lowest BCUT2D eigenvalue weighted by atomic mass is 9.87. The summed E-state index contributed by atoms with van der Waals surface area (Å²) in [5.41, 5.74) is 34.5. The summed E-state index contributed by atoms with van der Waals surface area (Å²) < 4.78 is 1.77. The highest BCUT2D eigenvalue weighted by Gasteiger charge is 2.22. The van der Waals surface area contributed by atoms with Gasteiger partial charge in [0.2, 0.25) is 0 Å². The van der Waals surface area contributed by atoms with Gasteiger partial charge in [0.25, 0.3) is 0 Å². The number of anilines is 6. The molecule has 252 valence electrons. The molecule has 0 aromatic heterocycles. The van der Waals surface area contributed by atoms with E-state index < -0.39 is 0 Å². The van der Waals surface area contributed by atoms with Crippen LogP contribution in [0.1, 0.15) is 27.0 Å². The van der Waals surface area contributed by atoms with E-state index in [2.05, 4.69) is 42.5 Å². The van der Waals surface area contributed by atoms with Gasteiger partial charge in [0, 0.05) is 55.7 Å². The summed E-state index contributed by atoms with van der Waals surface area (Å²) in [5.74, 6) is -0.199. The molecule has 0 atom stereocenters. The number of nitrogens with two attached hydrogens (primary N) is 4. The molecular weight excluding hydrogens is 799 g/mol. The minimum atomic E-state index is -0.199. The van der Waals surface area contributed by atoms with Crippen LogP contribution in [0, 0.1) is 0 Å². The van der Waals surface area contributed by atoms with E-state index in [1.807, 2.05) is 97.1 Å². The van der Waals surface area contributed by atoms with E-state index in [4.69, 9.17) is 46.1 Å². The highest BCUT2D eigenvalue weighted by Crippen LogP contribution is 2.39. The maximum atomic E-state index is 14.3. The van der Waals surface area contributed by atoms with Crippen LogP contribution in [0.2, 0.25) is 10.0 Å². The van der Waals surface area contributed by atoms with Gasteiger partial charge in [-0.2, -0.15) is 0 Å². The van der Waals surface area contributed by atoms with Crippen LogP contribution in [0.3, 0.4) is 0 Å². The monoisotopic (exact) mass is 828 g/mol. The van der Waals surface area contributed by atoms with Gasteiger partial charge in [-0.1, -0.05) is 104 Å². The van der Waals surface area contributed by atoms with Gasteiger partial charge in [0.1, 0.15) is 0 Å². The van der Waals surface area contributed by atoms with Crippen molar-refractivity contribution in [3.8, 4) is 22.3 Å². The maximum absolute atomic E-state index is 14.3. The molecule has 0 unspecified atom stereocenters. The molecular formula is C39H32Br2Cl2N6O. The van der Waals surface area contributed by atoms with Crippen LogP contribution in [0.25, 0.3) is 22.3 Å². The lowest BCUT2D eigenvalue weighted by molar-refractivity contribution is 0.103. The van der Waals surface area contributed by atoms with E-state index in [0.717, 1.165) is 53.9 Å². The van der Waals surface area contributed by atoms with Crippen molar-refractivity contribution in [2.45, 2.75) is 13.1 Å². The smallest absolute Gasteiger partial charge is 0.193 e. The van der Waals surface area contributed by atoms with E-state index in [1.54, 1.807) is 12.1 Å². The number of halogens is 4. The quantitative estimate of drug-likeness (QED) is 0.0595. The molecule has 10 N–H and O–H groups in total. The third-order valence-electron chi connectivity index (χ3n) is 8.35. The molecule has 0 heterocycles. The van der Waals surface area contributed by atoms with Crippen molar-refractivity contribution >= 4 is 95.0 Å². The Hall–Kier alpha value is -4.35. The van der Waals surface area contributed by atoms with Crippen LogP contribution < -0.4 is 33.6 Å². The van der Waals surface area contributed by atoms with E-state index in [9.17, 15) is 4.79 Å². The first-order valence-corrected chi connectivity index (χ1v) is 17.8. The highest BCUT2D eigenvalue weighted by atomic mass is 79.9. The van der Waals surface area contributed by atoms with Gasteiger partial charge < -0.3 is 33.6 Å². The average Bonchev–Trinajstić information content (AvgIpc) is 3.10. The van der Waals surface area contributed by atoms with E-state index in [-0.39, 0.29) is 18.9 Å². The Kier molecular flexibility index (Phi) is 10.8. The summed E-state index contributed by atoms with van der Waals surface area (Å²) in [6.07, 6.45) is 0. The molecule has 0 aliphatic carbocycles. The van der Waals surface area contributed by atoms with Crippen LogP contribution in [0.5, 0.6) is 0 Å². The first-order chi connectivity index (χ1) is 24.1. The highest BCUT2D eigenvalue weighted by molar-refractivity contribution is 9.10. The number of hydrogen-bond donors (Lipinski definition) is 6. The number of ketones is 1. The number of nitrogen functional groups attached to an aromatic ring is 2. The second kappa shape index (κ2) is 15.3. The zero-order valence-electron chi connectivity index (χ0n) is 26.5. The first-order valence-electron chi connectivity index (χ1n) is 15.5. The van der Waals surface area contributed by atoms with Gasteiger partial charge in [0.05, 0.1) is 32.8 Å². The standard InChI is InChI=1S/C39H32Br2Cl2N6O/c40-21-7-13-37(35(46)15-21)48-23-9-11-27(33(42)17-23)25-3-1-5-29(31(25)19-44)39(50)30-6-2-4-26(32(30)20-45)28-12-10-24(18-34(28)43)49-38-14-8-22(41)16-36(38)47/h1-18,48-49H,19-20,44-47H2. The Morgan fingerprint density at radius 2 is 0.980 bits per heavy atom. The maximum Gasteiger partial charge on any atom is 0.193 e. The number of carbonyl (C=O) groups is 1. The second-order valence-electron chi connectivity index (χ2n) is 11.5. The molecule has 0 saturated heterocycles. The molecule has 0 radical (unpaired) electrons. The summed E-state index contributed by atoms with van der Waals surface area (Å²) in [5, 5.41) is 7.60. The lowest BCUT2D eigenvalue weighted by Gasteiger charge is -2.18. The van der Waals surface area contributed by atoms with Crippen molar-refractivity contribution in [3.63, 3.8) is 0 Å². The lowest BCUT2D eigenvalue weighted by Crippen LogP contribution is -2.14. The molecule has 0 amide bonds. The molecule has 0 aliphatic rings. The Bertz CT molecular complexity index is 2110. The van der Waals surface area contributed by atoms with Crippen LogP contribution in [0.4, 0.5) is 34.1 Å². The number of nitrogens with one attached hydrogen (secondary N) is 2.